The first-order valence-electron chi connectivity index (χ1n) is 7.42. The van der Waals surface area contributed by atoms with Crippen LogP contribution in [0.25, 0.3) is 0 Å². The lowest BCUT2D eigenvalue weighted by Crippen LogP contribution is -2.28. The Bertz CT molecular complexity index is 394. The van der Waals surface area contributed by atoms with Crippen molar-refractivity contribution in [2.75, 3.05) is 33.3 Å². The van der Waals surface area contributed by atoms with Gasteiger partial charge in [-0.05, 0) is 51.7 Å². The second-order valence-electron chi connectivity index (χ2n) is 4.91. The number of halogens is 1. The molecule has 1 unspecified atom stereocenters. The van der Waals surface area contributed by atoms with Crippen LogP contribution in [-0.2, 0) is 0 Å². The van der Waals surface area contributed by atoms with Gasteiger partial charge in [0.1, 0.15) is 11.6 Å². The summed E-state index contributed by atoms with van der Waals surface area (Å²) in [5.41, 5.74) is 0.609. The Morgan fingerprint density at radius 3 is 2.60 bits per heavy atom. The van der Waals surface area contributed by atoms with Crippen LogP contribution in [0.2, 0.25) is 0 Å². The van der Waals surface area contributed by atoms with E-state index >= 15 is 0 Å². The number of nitrogens with one attached hydrogen (secondary N) is 1. The molecular formula is C16H27FN2O. The predicted molar refractivity (Wildman–Crippen MR) is 81.8 cm³/mol. The molecule has 3 nitrogen and oxygen atoms in total. The highest BCUT2D eigenvalue weighted by molar-refractivity contribution is 5.36. The Morgan fingerprint density at radius 1 is 1.30 bits per heavy atom. The van der Waals surface area contributed by atoms with Gasteiger partial charge in [0, 0.05) is 11.6 Å². The maximum Gasteiger partial charge on any atom is 0.131 e. The molecule has 1 aromatic rings. The van der Waals surface area contributed by atoms with Gasteiger partial charge in [0.25, 0.3) is 0 Å². The standard InChI is InChI=1S/C16H27FN2O/c1-5-19(6-2)12-8-11-18-13(3)16-14(17)9-7-10-15(16)20-4/h7,9-10,13,18H,5-6,8,11-12H2,1-4H3. The number of ether oxygens (including phenoxy) is 1. The largest absolute Gasteiger partial charge is 0.496 e. The molecule has 0 heterocycles. The van der Waals surface area contributed by atoms with E-state index in [2.05, 4.69) is 24.1 Å². The highest BCUT2D eigenvalue weighted by atomic mass is 19.1. The van der Waals surface area contributed by atoms with Crippen LogP contribution in [0.3, 0.4) is 0 Å². The molecular weight excluding hydrogens is 255 g/mol. The molecule has 0 aliphatic rings. The van der Waals surface area contributed by atoms with E-state index in [1.165, 1.54) is 6.07 Å². The summed E-state index contributed by atoms with van der Waals surface area (Å²) in [4.78, 5) is 2.38. The topological polar surface area (TPSA) is 24.5 Å². The smallest absolute Gasteiger partial charge is 0.131 e. The van der Waals surface area contributed by atoms with Crippen LogP contribution < -0.4 is 10.1 Å². The zero-order valence-electron chi connectivity index (χ0n) is 13.1. The Balaban J connectivity index is 2.49. The molecule has 0 amide bonds. The summed E-state index contributed by atoms with van der Waals surface area (Å²) in [6, 6.07) is 4.89. The Kier molecular flexibility index (Phi) is 7.55. The fourth-order valence-corrected chi connectivity index (χ4v) is 2.38. The fraction of sp³-hybridized carbons (Fsp3) is 0.625. The quantitative estimate of drug-likeness (QED) is 0.704. The summed E-state index contributed by atoms with van der Waals surface area (Å²) in [6.45, 7) is 10.4. The van der Waals surface area contributed by atoms with E-state index in [1.807, 2.05) is 6.92 Å². The van der Waals surface area contributed by atoms with Gasteiger partial charge in [0.15, 0.2) is 0 Å². The minimum atomic E-state index is -0.215. The minimum Gasteiger partial charge on any atom is -0.496 e. The van der Waals surface area contributed by atoms with Gasteiger partial charge in [0.05, 0.1) is 7.11 Å². The summed E-state index contributed by atoms with van der Waals surface area (Å²) < 4.78 is 19.1. The van der Waals surface area contributed by atoms with E-state index in [0.717, 1.165) is 32.6 Å². The van der Waals surface area contributed by atoms with Gasteiger partial charge in [0.2, 0.25) is 0 Å². The van der Waals surface area contributed by atoms with Crippen molar-refractivity contribution in [3.05, 3.63) is 29.6 Å². The van der Waals surface area contributed by atoms with Crippen LogP contribution in [0, 0.1) is 5.82 Å². The highest BCUT2D eigenvalue weighted by Crippen LogP contribution is 2.27. The van der Waals surface area contributed by atoms with Crippen LogP contribution >= 0.6 is 0 Å². The maximum atomic E-state index is 13.9. The molecule has 1 atom stereocenters. The van der Waals surface area contributed by atoms with Crippen LogP contribution in [-0.4, -0.2) is 38.2 Å². The minimum absolute atomic E-state index is 0.0529. The summed E-state index contributed by atoms with van der Waals surface area (Å²) in [5, 5.41) is 3.37. The normalized spacial score (nSPS) is 12.7. The van der Waals surface area contributed by atoms with Gasteiger partial charge in [-0.1, -0.05) is 19.9 Å². The summed E-state index contributed by atoms with van der Waals surface area (Å²) in [5.74, 6) is 0.391. The van der Waals surface area contributed by atoms with E-state index < -0.39 is 0 Å². The molecule has 20 heavy (non-hydrogen) atoms. The van der Waals surface area contributed by atoms with E-state index in [-0.39, 0.29) is 11.9 Å². The van der Waals surface area contributed by atoms with Crippen LogP contribution in [0.15, 0.2) is 18.2 Å². The first kappa shape index (κ1) is 16.9. The molecule has 0 saturated heterocycles. The molecule has 0 fully saturated rings. The predicted octanol–water partition coefficient (Wildman–Crippen LogP) is 3.22. The number of hydrogen-bond donors (Lipinski definition) is 1. The summed E-state index contributed by atoms with van der Waals surface area (Å²) in [6.07, 6.45) is 1.06. The molecule has 0 spiro atoms. The van der Waals surface area contributed by atoms with Gasteiger partial charge >= 0.3 is 0 Å². The second-order valence-corrected chi connectivity index (χ2v) is 4.91. The molecule has 0 bridgehead atoms. The SMILES string of the molecule is CCN(CC)CCCNC(C)c1c(F)cccc1OC. The number of benzene rings is 1. The average Bonchev–Trinajstić information content (AvgIpc) is 2.46. The number of nitrogens with zero attached hydrogens (tertiary/aromatic N) is 1. The van der Waals surface area contributed by atoms with Crippen molar-refractivity contribution in [3.8, 4) is 5.75 Å². The van der Waals surface area contributed by atoms with E-state index in [4.69, 9.17) is 4.74 Å². The van der Waals surface area contributed by atoms with Crippen molar-refractivity contribution in [2.45, 2.75) is 33.2 Å². The molecule has 0 saturated carbocycles. The third-order valence-corrected chi connectivity index (χ3v) is 3.66. The van der Waals surface area contributed by atoms with Gasteiger partial charge in [-0.15, -0.1) is 0 Å². The van der Waals surface area contributed by atoms with E-state index in [0.29, 0.717) is 11.3 Å². The van der Waals surface area contributed by atoms with Gasteiger partial charge in [-0.2, -0.15) is 0 Å². The van der Waals surface area contributed by atoms with E-state index in [9.17, 15) is 4.39 Å². The molecule has 1 N–H and O–H groups in total. The average molecular weight is 282 g/mol. The lowest BCUT2D eigenvalue weighted by molar-refractivity contribution is 0.295. The zero-order valence-corrected chi connectivity index (χ0v) is 13.1. The van der Waals surface area contributed by atoms with Gasteiger partial charge in [-0.3, -0.25) is 0 Å². The molecule has 0 aliphatic carbocycles. The van der Waals surface area contributed by atoms with Crippen molar-refractivity contribution in [3.63, 3.8) is 0 Å². The molecule has 114 valence electrons. The molecule has 4 heteroatoms. The van der Waals surface area contributed by atoms with Gasteiger partial charge < -0.3 is 15.0 Å². The Morgan fingerprint density at radius 2 is 2.00 bits per heavy atom. The van der Waals surface area contributed by atoms with Crippen molar-refractivity contribution >= 4 is 0 Å². The number of hydrogen-bond acceptors (Lipinski definition) is 3. The number of methoxy groups -OCH3 is 1. The molecule has 0 aromatic heterocycles. The third kappa shape index (κ3) is 4.76. The molecule has 0 aliphatic heterocycles. The van der Waals surface area contributed by atoms with Crippen LogP contribution in [0.1, 0.15) is 38.8 Å². The highest BCUT2D eigenvalue weighted by Gasteiger charge is 2.15. The Labute approximate surface area is 122 Å². The van der Waals surface area contributed by atoms with Crippen molar-refractivity contribution in [2.24, 2.45) is 0 Å². The monoisotopic (exact) mass is 282 g/mol. The second kappa shape index (κ2) is 8.93. The lowest BCUT2D eigenvalue weighted by atomic mass is 10.1. The Hall–Kier alpha value is -1.13. The first-order chi connectivity index (χ1) is 9.63. The fourth-order valence-electron chi connectivity index (χ4n) is 2.38. The molecule has 1 rings (SSSR count). The summed E-state index contributed by atoms with van der Waals surface area (Å²) in [7, 11) is 1.57. The first-order valence-corrected chi connectivity index (χ1v) is 7.42. The third-order valence-electron chi connectivity index (χ3n) is 3.66. The van der Waals surface area contributed by atoms with Crippen molar-refractivity contribution in [1.82, 2.24) is 10.2 Å². The lowest BCUT2D eigenvalue weighted by Gasteiger charge is -2.20. The van der Waals surface area contributed by atoms with Gasteiger partial charge in [-0.25, -0.2) is 4.39 Å². The zero-order chi connectivity index (χ0) is 15.0. The number of rotatable bonds is 9. The van der Waals surface area contributed by atoms with Crippen molar-refractivity contribution in [1.29, 1.82) is 0 Å². The van der Waals surface area contributed by atoms with E-state index in [1.54, 1.807) is 19.2 Å². The molecule has 0 radical (unpaired) electrons. The van der Waals surface area contributed by atoms with Crippen LogP contribution in [0.4, 0.5) is 4.39 Å². The maximum absolute atomic E-state index is 13.9. The van der Waals surface area contributed by atoms with Crippen LogP contribution in [0.5, 0.6) is 5.75 Å². The molecule has 1 aromatic carbocycles. The summed E-state index contributed by atoms with van der Waals surface area (Å²) >= 11 is 0. The van der Waals surface area contributed by atoms with Crippen molar-refractivity contribution < 1.29 is 9.13 Å².